The second-order valence-corrected chi connectivity index (χ2v) is 6.62. The van der Waals surface area contributed by atoms with Crippen LogP contribution in [0.3, 0.4) is 0 Å². The minimum absolute atomic E-state index is 0.126. The van der Waals surface area contributed by atoms with Crippen molar-refractivity contribution in [3.8, 4) is 0 Å². The van der Waals surface area contributed by atoms with Crippen LogP contribution in [0.15, 0.2) is 6.20 Å². The van der Waals surface area contributed by atoms with Gasteiger partial charge in [0.1, 0.15) is 0 Å². The zero-order chi connectivity index (χ0) is 15.0. The van der Waals surface area contributed by atoms with Crippen LogP contribution in [0.5, 0.6) is 0 Å². The minimum Gasteiger partial charge on any atom is -0.316 e. The van der Waals surface area contributed by atoms with Crippen LogP contribution in [0.2, 0.25) is 5.28 Å². The minimum atomic E-state index is 0.126. The largest absolute Gasteiger partial charge is 0.316 e. The lowest BCUT2D eigenvalue weighted by molar-refractivity contribution is 0.253. The van der Waals surface area contributed by atoms with Gasteiger partial charge in [-0.3, -0.25) is 0 Å². The molecule has 1 atom stereocenters. The molecule has 0 radical (unpaired) electrons. The molecule has 1 unspecified atom stereocenters. The van der Waals surface area contributed by atoms with E-state index in [-0.39, 0.29) is 5.54 Å². The molecule has 0 saturated heterocycles. The van der Waals surface area contributed by atoms with Crippen molar-refractivity contribution in [2.45, 2.75) is 91.0 Å². The predicted octanol–water partition coefficient (Wildman–Crippen LogP) is 6.11. The molecule has 0 aliphatic rings. The van der Waals surface area contributed by atoms with Crippen molar-refractivity contribution >= 4 is 11.6 Å². The van der Waals surface area contributed by atoms with E-state index in [4.69, 9.17) is 11.6 Å². The van der Waals surface area contributed by atoms with E-state index < -0.39 is 0 Å². The van der Waals surface area contributed by atoms with Crippen LogP contribution in [-0.4, -0.2) is 9.55 Å². The molecule has 0 N–H and O–H groups in total. The van der Waals surface area contributed by atoms with E-state index in [1.165, 1.54) is 57.8 Å². The normalized spacial score (nSPS) is 14.4. The lowest BCUT2D eigenvalue weighted by Crippen LogP contribution is -2.30. The van der Waals surface area contributed by atoms with E-state index in [1.807, 2.05) is 6.92 Å². The van der Waals surface area contributed by atoms with E-state index in [0.717, 1.165) is 5.69 Å². The van der Waals surface area contributed by atoms with Gasteiger partial charge in [0.2, 0.25) is 5.28 Å². The molecule has 1 aromatic heterocycles. The number of imidazole rings is 1. The van der Waals surface area contributed by atoms with Crippen molar-refractivity contribution in [1.82, 2.24) is 9.55 Å². The first-order chi connectivity index (χ1) is 9.53. The van der Waals surface area contributed by atoms with Crippen molar-refractivity contribution in [3.63, 3.8) is 0 Å². The fourth-order valence-corrected chi connectivity index (χ4v) is 3.27. The van der Waals surface area contributed by atoms with Gasteiger partial charge >= 0.3 is 0 Å². The summed E-state index contributed by atoms with van der Waals surface area (Å²) in [6, 6.07) is 0. The molecule has 20 heavy (non-hydrogen) atoms. The van der Waals surface area contributed by atoms with Crippen molar-refractivity contribution in [2.24, 2.45) is 0 Å². The quantitative estimate of drug-likeness (QED) is 0.476. The monoisotopic (exact) mass is 298 g/mol. The van der Waals surface area contributed by atoms with E-state index in [2.05, 4.69) is 36.5 Å². The summed E-state index contributed by atoms with van der Waals surface area (Å²) in [5, 5.41) is 0.648. The molecule has 1 aromatic rings. The second-order valence-electron chi connectivity index (χ2n) is 6.29. The van der Waals surface area contributed by atoms with Crippen LogP contribution in [0.1, 0.15) is 84.3 Å². The number of hydrogen-bond acceptors (Lipinski definition) is 1. The number of aromatic nitrogens is 2. The van der Waals surface area contributed by atoms with Crippen molar-refractivity contribution < 1.29 is 0 Å². The summed E-state index contributed by atoms with van der Waals surface area (Å²) < 4.78 is 2.21. The molecular weight excluding hydrogens is 268 g/mol. The first-order valence-corrected chi connectivity index (χ1v) is 8.63. The fraction of sp³-hybridized carbons (Fsp3) is 0.824. The zero-order valence-electron chi connectivity index (χ0n) is 13.7. The summed E-state index contributed by atoms with van der Waals surface area (Å²) in [5.74, 6) is 0. The summed E-state index contributed by atoms with van der Waals surface area (Å²) in [6.45, 7) is 8.88. The summed E-state index contributed by atoms with van der Waals surface area (Å²) in [5.41, 5.74) is 1.14. The highest BCUT2D eigenvalue weighted by molar-refractivity contribution is 6.28. The van der Waals surface area contributed by atoms with Gasteiger partial charge in [-0.2, -0.15) is 0 Å². The SMILES string of the molecule is CCCCCCCC(C)(CCCC)n1cc(C)nc1Cl. The Morgan fingerprint density at radius 1 is 1.05 bits per heavy atom. The molecule has 0 amide bonds. The standard InChI is InChI=1S/C17H31ClN2/c1-5-7-9-10-11-13-17(4,12-8-6-2)20-14-15(3)19-16(20)18/h14H,5-13H2,1-4H3. The molecule has 0 fully saturated rings. The molecule has 0 saturated carbocycles. The molecule has 1 heterocycles. The number of hydrogen-bond donors (Lipinski definition) is 0. The van der Waals surface area contributed by atoms with Crippen LogP contribution in [-0.2, 0) is 5.54 Å². The predicted molar refractivity (Wildman–Crippen MR) is 88.5 cm³/mol. The van der Waals surface area contributed by atoms with E-state index in [9.17, 15) is 0 Å². The summed E-state index contributed by atoms with van der Waals surface area (Å²) in [4.78, 5) is 4.37. The van der Waals surface area contributed by atoms with Crippen molar-refractivity contribution in [1.29, 1.82) is 0 Å². The van der Waals surface area contributed by atoms with E-state index in [1.54, 1.807) is 0 Å². The maximum Gasteiger partial charge on any atom is 0.203 e. The molecule has 3 heteroatoms. The Bertz CT molecular complexity index is 386. The Balaban J connectivity index is 2.68. The molecule has 2 nitrogen and oxygen atoms in total. The van der Waals surface area contributed by atoms with Crippen LogP contribution in [0, 0.1) is 6.92 Å². The van der Waals surface area contributed by atoms with Gasteiger partial charge < -0.3 is 4.57 Å². The highest BCUT2D eigenvalue weighted by atomic mass is 35.5. The Kier molecular flexibility index (Phi) is 7.65. The number of aryl methyl sites for hydroxylation is 1. The average Bonchev–Trinajstić information content (AvgIpc) is 2.76. The van der Waals surface area contributed by atoms with Gasteiger partial charge in [0, 0.05) is 11.7 Å². The van der Waals surface area contributed by atoms with Gasteiger partial charge in [-0.25, -0.2) is 4.98 Å². The molecular formula is C17H31ClN2. The Morgan fingerprint density at radius 3 is 2.20 bits per heavy atom. The number of unbranched alkanes of at least 4 members (excludes halogenated alkanes) is 5. The molecule has 0 aliphatic heterocycles. The van der Waals surface area contributed by atoms with Crippen LogP contribution >= 0.6 is 11.6 Å². The number of halogens is 1. The molecule has 1 rings (SSSR count). The summed E-state index contributed by atoms with van der Waals surface area (Å²) in [6.07, 6.45) is 13.6. The Hall–Kier alpha value is -0.500. The third-order valence-electron chi connectivity index (χ3n) is 4.25. The van der Waals surface area contributed by atoms with Gasteiger partial charge in [0.05, 0.1) is 5.69 Å². The number of rotatable bonds is 10. The third kappa shape index (κ3) is 5.12. The third-order valence-corrected chi connectivity index (χ3v) is 4.52. The molecule has 0 spiro atoms. The lowest BCUT2D eigenvalue weighted by Gasteiger charge is -2.32. The van der Waals surface area contributed by atoms with Gasteiger partial charge in [0.25, 0.3) is 0 Å². The Labute approximate surface area is 129 Å². The van der Waals surface area contributed by atoms with Crippen molar-refractivity contribution in [3.05, 3.63) is 17.2 Å². The smallest absolute Gasteiger partial charge is 0.203 e. The molecule has 0 aliphatic carbocycles. The van der Waals surface area contributed by atoms with Crippen molar-refractivity contribution in [2.75, 3.05) is 0 Å². The van der Waals surface area contributed by atoms with E-state index in [0.29, 0.717) is 5.28 Å². The highest BCUT2D eigenvalue weighted by Crippen LogP contribution is 2.32. The first-order valence-electron chi connectivity index (χ1n) is 8.25. The lowest BCUT2D eigenvalue weighted by atomic mass is 9.88. The van der Waals surface area contributed by atoms with Crippen LogP contribution < -0.4 is 0 Å². The Morgan fingerprint density at radius 2 is 1.65 bits per heavy atom. The van der Waals surface area contributed by atoms with Crippen LogP contribution in [0.25, 0.3) is 0 Å². The molecule has 116 valence electrons. The van der Waals surface area contributed by atoms with Gasteiger partial charge in [0.15, 0.2) is 0 Å². The number of nitrogens with zero attached hydrogens (tertiary/aromatic N) is 2. The topological polar surface area (TPSA) is 17.8 Å². The van der Waals surface area contributed by atoms with Gasteiger partial charge in [-0.15, -0.1) is 0 Å². The maximum absolute atomic E-state index is 6.32. The summed E-state index contributed by atoms with van der Waals surface area (Å²) in [7, 11) is 0. The molecule has 0 aromatic carbocycles. The zero-order valence-corrected chi connectivity index (χ0v) is 14.5. The highest BCUT2D eigenvalue weighted by Gasteiger charge is 2.27. The van der Waals surface area contributed by atoms with E-state index >= 15 is 0 Å². The summed E-state index contributed by atoms with van der Waals surface area (Å²) >= 11 is 6.32. The maximum atomic E-state index is 6.32. The van der Waals surface area contributed by atoms with Crippen LogP contribution in [0.4, 0.5) is 0 Å². The second kappa shape index (κ2) is 8.71. The first kappa shape index (κ1) is 17.6. The average molecular weight is 299 g/mol. The molecule has 0 bridgehead atoms. The van der Waals surface area contributed by atoms with Gasteiger partial charge in [-0.1, -0.05) is 58.8 Å². The van der Waals surface area contributed by atoms with Gasteiger partial charge in [-0.05, 0) is 38.3 Å². The fourth-order valence-electron chi connectivity index (χ4n) is 2.88.